The Balaban J connectivity index is 0.000000145. The molecule has 3 heterocycles. The van der Waals surface area contributed by atoms with Gasteiger partial charge in [0.05, 0.1) is 33.1 Å². The summed E-state index contributed by atoms with van der Waals surface area (Å²) in [5, 5.41) is 0. The monoisotopic (exact) mass is 506 g/mol. The van der Waals surface area contributed by atoms with Crippen molar-refractivity contribution >= 4 is 44.7 Å². The maximum absolute atomic E-state index is 12.7. The molecule has 3 aromatic heterocycles. The second kappa shape index (κ2) is 11.8. The third-order valence-corrected chi connectivity index (χ3v) is 6.09. The van der Waals surface area contributed by atoms with Crippen LogP contribution >= 0.6 is 11.6 Å². The predicted octanol–water partition coefficient (Wildman–Crippen LogP) is 6.64. The zero-order valence-corrected chi connectivity index (χ0v) is 22.5. The highest BCUT2D eigenvalue weighted by molar-refractivity contribution is 6.15. The standard InChI is InChI=1S/C9H9FN2.2C9H10N2.CH3Cl/c1-6-11-8-5-7(10)3-4-9(8)12(6)2;2*1-7-10-8-5-3-4-6-9(8)11(7)2;1-2/h3-5H,1-2H3;2*3-6H,1-2H3;1H3. The Kier molecular flexibility index (Phi) is 8.83. The molecule has 3 aromatic carbocycles. The van der Waals surface area contributed by atoms with Crippen LogP contribution in [0, 0.1) is 26.6 Å². The summed E-state index contributed by atoms with van der Waals surface area (Å²) in [5.74, 6) is 2.79. The Hall–Kier alpha value is -3.71. The number of halogens is 2. The molecular formula is C28H32ClFN6. The van der Waals surface area contributed by atoms with Crippen LogP contribution in [0.3, 0.4) is 0 Å². The normalized spacial score (nSPS) is 10.4. The molecule has 0 aliphatic carbocycles. The Morgan fingerprint density at radius 2 is 0.917 bits per heavy atom. The molecule has 6 rings (SSSR count). The first-order valence-electron chi connectivity index (χ1n) is 11.5. The molecule has 6 nitrogen and oxygen atoms in total. The summed E-state index contributed by atoms with van der Waals surface area (Å²) in [6.45, 7) is 5.93. The number of hydrogen-bond acceptors (Lipinski definition) is 3. The second-order valence-corrected chi connectivity index (χ2v) is 8.26. The van der Waals surface area contributed by atoms with Gasteiger partial charge in [-0.25, -0.2) is 19.3 Å². The van der Waals surface area contributed by atoms with Crippen molar-refractivity contribution in [1.29, 1.82) is 0 Å². The SMILES string of the molecule is CCl.Cc1nc2cc(F)ccc2n1C.Cc1nc2ccccc2n1C.Cc1nc2ccccc2n1C. The van der Waals surface area contributed by atoms with Crippen LogP contribution in [-0.4, -0.2) is 35.0 Å². The number of aryl methyl sites for hydroxylation is 6. The van der Waals surface area contributed by atoms with Crippen LogP contribution in [0.15, 0.2) is 66.7 Å². The van der Waals surface area contributed by atoms with Crippen molar-refractivity contribution in [3.63, 3.8) is 0 Å². The highest BCUT2D eigenvalue weighted by atomic mass is 35.5. The van der Waals surface area contributed by atoms with E-state index in [0.717, 1.165) is 39.5 Å². The van der Waals surface area contributed by atoms with Crippen molar-refractivity contribution in [2.75, 3.05) is 6.38 Å². The molecule has 0 aliphatic rings. The highest BCUT2D eigenvalue weighted by Gasteiger charge is 2.04. The van der Waals surface area contributed by atoms with Crippen molar-refractivity contribution in [2.24, 2.45) is 21.1 Å². The highest BCUT2D eigenvalue weighted by Crippen LogP contribution is 2.15. The van der Waals surface area contributed by atoms with Gasteiger partial charge in [0.15, 0.2) is 0 Å². The summed E-state index contributed by atoms with van der Waals surface area (Å²) in [6, 6.07) is 20.9. The maximum atomic E-state index is 12.7. The zero-order valence-electron chi connectivity index (χ0n) is 21.8. The van der Waals surface area contributed by atoms with Crippen LogP contribution in [0.2, 0.25) is 0 Å². The summed E-state index contributed by atoms with van der Waals surface area (Å²) < 4.78 is 18.9. The first-order chi connectivity index (χ1) is 17.3. The van der Waals surface area contributed by atoms with Gasteiger partial charge in [0.2, 0.25) is 0 Å². The fourth-order valence-corrected chi connectivity index (χ4v) is 3.83. The van der Waals surface area contributed by atoms with Crippen LogP contribution < -0.4 is 0 Å². The molecule has 0 N–H and O–H groups in total. The number of nitrogens with zero attached hydrogens (tertiary/aromatic N) is 6. The number of para-hydroxylation sites is 4. The lowest BCUT2D eigenvalue weighted by Gasteiger charge is -1.94. The Morgan fingerprint density at radius 1 is 0.556 bits per heavy atom. The van der Waals surface area contributed by atoms with Gasteiger partial charge >= 0.3 is 0 Å². The molecule has 188 valence electrons. The quantitative estimate of drug-likeness (QED) is 0.217. The van der Waals surface area contributed by atoms with E-state index in [1.807, 2.05) is 82.9 Å². The van der Waals surface area contributed by atoms with Gasteiger partial charge < -0.3 is 13.7 Å². The van der Waals surface area contributed by atoms with Gasteiger partial charge in [0, 0.05) is 33.6 Å². The van der Waals surface area contributed by atoms with Gasteiger partial charge in [-0.2, -0.15) is 0 Å². The molecule has 6 aromatic rings. The van der Waals surface area contributed by atoms with E-state index in [1.165, 1.54) is 29.5 Å². The van der Waals surface area contributed by atoms with Gasteiger partial charge in [-0.15, -0.1) is 11.6 Å². The molecule has 0 radical (unpaired) electrons. The molecule has 0 unspecified atom stereocenters. The topological polar surface area (TPSA) is 53.5 Å². The van der Waals surface area contributed by atoms with E-state index in [0.29, 0.717) is 0 Å². The van der Waals surface area contributed by atoms with Gasteiger partial charge in [-0.3, -0.25) is 0 Å². The van der Waals surface area contributed by atoms with Crippen LogP contribution in [-0.2, 0) is 21.1 Å². The number of alkyl halides is 1. The van der Waals surface area contributed by atoms with Gasteiger partial charge in [-0.05, 0) is 57.2 Å². The predicted molar refractivity (Wildman–Crippen MR) is 148 cm³/mol. The smallest absolute Gasteiger partial charge is 0.125 e. The van der Waals surface area contributed by atoms with Crippen molar-refractivity contribution < 1.29 is 4.39 Å². The average Bonchev–Trinajstić information content (AvgIpc) is 3.46. The zero-order chi connectivity index (χ0) is 26.4. The van der Waals surface area contributed by atoms with E-state index in [1.54, 1.807) is 6.07 Å². The van der Waals surface area contributed by atoms with Crippen LogP contribution in [0.25, 0.3) is 33.1 Å². The van der Waals surface area contributed by atoms with Crippen molar-refractivity contribution in [2.45, 2.75) is 20.8 Å². The molecule has 0 bridgehead atoms. The lowest BCUT2D eigenvalue weighted by Crippen LogP contribution is -1.89. The fraction of sp³-hybridized carbons (Fsp3) is 0.250. The van der Waals surface area contributed by atoms with Gasteiger partial charge in [-0.1, -0.05) is 24.3 Å². The minimum absolute atomic E-state index is 0.236. The average molecular weight is 507 g/mol. The van der Waals surface area contributed by atoms with Gasteiger partial charge in [0.1, 0.15) is 23.3 Å². The van der Waals surface area contributed by atoms with Crippen LogP contribution in [0.4, 0.5) is 4.39 Å². The summed E-state index contributed by atoms with van der Waals surface area (Å²) in [5.41, 5.74) is 6.24. The first-order valence-corrected chi connectivity index (χ1v) is 12.2. The van der Waals surface area contributed by atoms with Crippen molar-refractivity contribution in [3.05, 3.63) is 90.0 Å². The number of fused-ring (bicyclic) bond motifs is 3. The second-order valence-electron chi connectivity index (χ2n) is 8.26. The molecule has 0 aliphatic heterocycles. The van der Waals surface area contributed by atoms with E-state index < -0.39 is 0 Å². The summed E-state index contributed by atoms with van der Waals surface area (Å²) in [6.07, 6.45) is 1.47. The fourth-order valence-electron chi connectivity index (χ4n) is 3.83. The molecule has 0 saturated carbocycles. The first kappa shape index (κ1) is 26.9. The Morgan fingerprint density at radius 3 is 1.33 bits per heavy atom. The van der Waals surface area contributed by atoms with E-state index in [-0.39, 0.29) is 5.82 Å². The number of aromatic nitrogens is 6. The number of benzene rings is 3. The molecule has 0 saturated heterocycles. The van der Waals surface area contributed by atoms with Crippen LogP contribution in [0.1, 0.15) is 17.5 Å². The van der Waals surface area contributed by atoms with E-state index in [2.05, 4.69) is 47.8 Å². The summed E-state index contributed by atoms with van der Waals surface area (Å²) in [4.78, 5) is 12.9. The van der Waals surface area contributed by atoms with Crippen molar-refractivity contribution in [3.8, 4) is 0 Å². The van der Waals surface area contributed by atoms with E-state index >= 15 is 0 Å². The molecule has 0 fully saturated rings. The van der Waals surface area contributed by atoms with E-state index in [4.69, 9.17) is 0 Å². The minimum Gasteiger partial charge on any atom is -0.331 e. The molecule has 8 heteroatoms. The third kappa shape index (κ3) is 5.74. The van der Waals surface area contributed by atoms with Crippen molar-refractivity contribution in [1.82, 2.24) is 28.7 Å². The lowest BCUT2D eigenvalue weighted by atomic mass is 10.3. The largest absolute Gasteiger partial charge is 0.331 e. The van der Waals surface area contributed by atoms with Crippen LogP contribution in [0.5, 0.6) is 0 Å². The minimum atomic E-state index is -0.236. The molecule has 0 amide bonds. The Bertz CT molecular complexity index is 1520. The van der Waals surface area contributed by atoms with Gasteiger partial charge in [0.25, 0.3) is 0 Å². The molecule has 0 atom stereocenters. The summed E-state index contributed by atoms with van der Waals surface area (Å²) in [7, 11) is 5.98. The number of rotatable bonds is 0. The molecular weight excluding hydrogens is 475 g/mol. The Labute approximate surface area is 216 Å². The number of imidazole rings is 3. The van der Waals surface area contributed by atoms with E-state index in [9.17, 15) is 4.39 Å². The molecule has 0 spiro atoms. The molecule has 36 heavy (non-hydrogen) atoms. The lowest BCUT2D eigenvalue weighted by molar-refractivity contribution is 0.629. The summed E-state index contributed by atoms with van der Waals surface area (Å²) >= 11 is 4.64. The third-order valence-electron chi connectivity index (χ3n) is 6.09. The maximum Gasteiger partial charge on any atom is 0.125 e. The number of hydrogen-bond donors (Lipinski definition) is 0.